The summed E-state index contributed by atoms with van der Waals surface area (Å²) in [7, 11) is 0. The molecule has 0 atom stereocenters. The van der Waals surface area contributed by atoms with Crippen molar-refractivity contribution in [3.8, 4) is 5.88 Å². The number of ether oxygens (including phenoxy) is 1. The smallest absolute Gasteiger partial charge is 0.336 e. The summed E-state index contributed by atoms with van der Waals surface area (Å²) in [6.07, 6.45) is 4.92. The van der Waals surface area contributed by atoms with Crippen LogP contribution in [0.1, 0.15) is 40.0 Å². The molecule has 0 unspecified atom stereocenters. The molecule has 2 aromatic rings. The van der Waals surface area contributed by atoms with Gasteiger partial charge in [0, 0.05) is 23.2 Å². The number of hydrogen-bond donors (Lipinski definition) is 2. The topological polar surface area (TPSA) is 88.5 Å². The third kappa shape index (κ3) is 3.25. The molecule has 1 saturated carbocycles. The highest BCUT2D eigenvalue weighted by Crippen LogP contribution is 2.25. The second kappa shape index (κ2) is 6.15. The average molecular weight is 318 g/mol. The highest BCUT2D eigenvalue weighted by Gasteiger charge is 2.20. The van der Waals surface area contributed by atoms with Gasteiger partial charge in [0.25, 0.3) is 5.91 Å². The Morgan fingerprint density at radius 1 is 1.32 bits per heavy atom. The second-order valence-corrected chi connectivity index (χ2v) is 5.92. The maximum atomic E-state index is 12.2. The summed E-state index contributed by atoms with van der Waals surface area (Å²) in [5.41, 5.74) is 0.582. The van der Waals surface area contributed by atoms with Gasteiger partial charge in [0.15, 0.2) is 0 Å². The van der Waals surface area contributed by atoms with Gasteiger partial charge in [-0.15, -0.1) is 11.3 Å². The van der Waals surface area contributed by atoms with E-state index in [9.17, 15) is 9.59 Å². The monoisotopic (exact) mass is 318 g/mol. The zero-order valence-corrected chi connectivity index (χ0v) is 12.4. The zero-order chi connectivity index (χ0) is 15.5. The van der Waals surface area contributed by atoms with Crippen molar-refractivity contribution >= 4 is 28.2 Å². The van der Waals surface area contributed by atoms with Crippen molar-refractivity contribution in [3.05, 3.63) is 40.9 Å². The SMILES string of the molecule is O=C(O)c1csc(NC(=O)c2ccnc(OC3CCC3)c2)c1. The number of rotatable bonds is 5. The molecule has 22 heavy (non-hydrogen) atoms. The van der Waals surface area contributed by atoms with Crippen molar-refractivity contribution in [2.24, 2.45) is 0 Å². The van der Waals surface area contributed by atoms with Gasteiger partial charge in [-0.05, 0) is 31.4 Å². The normalized spacial score (nSPS) is 14.2. The van der Waals surface area contributed by atoms with Crippen LogP contribution >= 0.6 is 11.3 Å². The van der Waals surface area contributed by atoms with E-state index in [2.05, 4.69) is 10.3 Å². The van der Waals surface area contributed by atoms with E-state index in [4.69, 9.17) is 9.84 Å². The third-order valence-corrected chi connectivity index (χ3v) is 4.27. The Labute approximate surface area is 130 Å². The molecule has 0 aliphatic heterocycles. The predicted octanol–water partition coefficient (Wildman–Crippen LogP) is 3.02. The minimum absolute atomic E-state index is 0.157. The number of amides is 1. The van der Waals surface area contributed by atoms with Crippen LogP contribution in [0.4, 0.5) is 5.00 Å². The molecule has 1 fully saturated rings. The van der Waals surface area contributed by atoms with Crippen LogP contribution in [0.25, 0.3) is 0 Å². The van der Waals surface area contributed by atoms with Crippen LogP contribution in [0.5, 0.6) is 5.88 Å². The molecule has 0 saturated heterocycles. The summed E-state index contributed by atoms with van der Waals surface area (Å²) >= 11 is 1.17. The van der Waals surface area contributed by atoms with Gasteiger partial charge in [-0.1, -0.05) is 0 Å². The van der Waals surface area contributed by atoms with Crippen molar-refractivity contribution in [2.75, 3.05) is 5.32 Å². The summed E-state index contributed by atoms with van der Waals surface area (Å²) in [5, 5.41) is 13.5. The molecule has 1 amide bonds. The van der Waals surface area contributed by atoms with Crippen LogP contribution in [0, 0.1) is 0 Å². The summed E-state index contributed by atoms with van der Waals surface area (Å²) in [6, 6.07) is 4.62. The van der Waals surface area contributed by atoms with Crippen LogP contribution in [0.15, 0.2) is 29.8 Å². The van der Waals surface area contributed by atoms with E-state index < -0.39 is 5.97 Å². The fourth-order valence-electron chi connectivity index (χ4n) is 1.97. The van der Waals surface area contributed by atoms with Crippen molar-refractivity contribution in [1.29, 1.82) is 0 Å². The molecule has 114 valence electrons. The molecule has 2 aromatic heterocycles. The number of carboxylic acids is 1. The summed E-state index contributed by atoms with van der Waals surface area (Å²) in [4.78, 5) is 27.1. The molecule has 6 nitrogen and oxygen atoms in total. The maximum absolute atomic E-state index is 12.2. The lowest BCUT2D eigenvalue weighted by Crippen LogP contribution is -2.25. The summed E-state index contributed by atoms with van der Waals surface area (Å²) in [6.45, 7) is 0. The number of carboxylic acid groups (broad SMARTS) is 1. The van der Waals surface area contributed by atoms with E-state index >= 15 is 0 Å². The van der Waals surface area contributed by atoms with Gasteiger partial charge in [0.05, 0.1) is 10.6 Å². The Morgan fingerprint density at radius 3 is 2.77 bits per heavy atom. The number of anilines is 1. The van der Waals surface area contributed by atoms with Gasteiger partial charge in [0.2, 0.25) is 5.88 Å². The molecule has 0 spiro atoms. The molecule has 1 aliphatic rings. The molecule has 0 bridgehead atoms. The van der Waals surface area contributed by atoms with Gasteiger partial charge >= 0.3 is 5.97 Å². The Kier molecular flexibility index (Phi) is 4.06. The van der Waals surface area contributed by atoms with Crippen molar-refractivity contribution in [3.63, 3.8) is 0 Å². The lowest BCUT2D eigenvalue weighted by molar-refractivity contribution is 0.0697. The van der Waals surface area contributed by atoms with E-state index in [0.717, 1.165) is 19.3 Å². The van der Waals surface area contributed by atoms with Gasteiger partial charge in [0.1, 0.15) is 6.10 Å². The van der Waals surface area contributed by atoms with Crippen LogP contribution < -0.4 is 10.1 Å². The van der Waals surface area contributed by atoms with Crippen molar-refractivity contribution in [2.45, 2.75) is 25.4 Å². The number of hydrogen-bond acceptors (Lipinski definition) is 5. The molecule has 1 aliphatic carbocycles. The van der Waals surface area contributed by atoms with E-state index in [-0.39, 0.29) is 17.6 Å². The predicted molar refractivity (Wildman–Crippen MR) is 81.7 cm³/mol. The molecule has 0 radical (unpaired) electrons. The van der Waals surface area contributed by atoms with Crippen LogP contribution in [-0.4, -0.2) is 28.1 Å². The van der Waals surface area contributed by atoms with E-state index in [1.54, 1.807) is 12.1 Å². The maximum Gasteiger partial charge on any atom is 0.336 e. The van der Waals surface area contributed by atoms with Gasteiger partial charge in [-0.3, -0.25) is 4.79 Å². The first-order chi connectivity index (χ1) is 10.6. The molecule has 2 N–H and O–H groups in total. The molecule has 7 heteroatoms. The van der Waals surface area contributed by atoms with Crippen LogP contribution in [0.3, 0.4) is 0 Å². The Morgan fingerprint density at radius 2 is 2.14 bits per heavy atom. The standard InChI is InChI=1S/C15H14N2O4S/c18-14(17-13-7-10(8-22-13)15(19)20)9-4-5-16-12(6-9)21-11-2-1-3-11/h4-8,11H,1-3H2,(H,17,18)(H,19,20). The minimum Gasteiger partial charge on any atom is -0.478 e. The molecule has 0 aromatic carbocycles. The van der Waals surface area contributed by atoms with Crippen LogP contribution in [0.2, 0.25) is 0 Å². The fourth-order valence-corrected chi connectivity index (χ4v) is 2.74. The summed E-state index contributed by atoms with van der Waals surface area (Å²) < 4.78 is 5.66. The second-order valence-electron chi connectivity index (χ2n) is 5.01. The van der Waals surface area contributed by atoms with Gasteiger partial charge in [-0.25, -0.2) is 9.78 Å². The zero-order valence-electron chi connectivity index (χ0n) is 11.6. The van der Waals surface area contributed by atoms with E-state index in [0.29, 0.717) is 16.4 Å². The number of aromatic nitrogens is 1. The molecule has 3 rings (SSSR count). The van der Waals surface area contributed by atoms with Gasteiger partial charge in [-0.2, -0.15) is 0 Å². The highest BCUT2D eigenvalue weighted by atomic mass is 32.1. The molecule has 2 heterocycles. The number of carbonyl (C=O) groups excluding carboxylic acids is 1. The van der Waals surface area contributed by atoms with Crippen molar-refractivity contribution < 1.29 is 19.4 Å². The molecular weight excluding hydrogens is 304 g/mol. The van der Waals surface area contributed by atoms with E-state index in [1.807, 2.05) is 0 Å². The Balaban J connectivity index is 1.68. The first kappa shape index (κ1) is 14.5. The Bertz CT molecular complexity index is 709. The lowest BCUT2D eigenvalue weighted by atomic mass is 9.96. The average Bonchev–Trinajstić information content (AvgIpc) is 2.92. The van der Waals surface area contributed by atoms with Gasteiger partial charge < -0.3 is 15.2 Å². The Hall–Kier alpha value is -2.41. The van der Waals surface area contributed by atoms with E-state index in [1.165, 1.54) is 29.0 Å². The first-order valence-corrected chi connectivity index (χ1v) is 7.75. The number of aromatic carboxylic acids is 1. The number of nitrogens with one attached hydrogen (secondary N) is 1. The van der Waals surface area contributed by atoms with Crippen LogP contribution in [-0.2, 0) is 0 Å². The quantitative estimate of drug-likeness (QED) is 0.884. The van der Waals surface area contributed by atoms with Crippen molar-refractivity contribution in [1.82, 2.24) is 4.98 Å². The lowest BCUT2D eigenvalue weighted by Gasteiger charge is -2.25. The highest BCUT2D eigenvalue weighted by molar-refractivity contribution is 7.14. The number of pyridine rings is 1. The summed E-state index contributed by atoms with van der Waals surface area (Å²) in [5.74, 6) is -0.897. The minimum atomic E-state index is -1.02. The largest absolute Gasteiger partial charge is 0.478 e. The number of carbonyl (C=O) groups is 2. The fraction of sp³-hybridized carbons (Fsp3) is 0.267. The third-order valence-electron chi connectivity index (χ3n) is 3.42. The number of thiophene rings is 1. The number of nitrogens with zero attached hydrogens (tertiary/aromatic N) is 1. The molecular formula is C15H14N2O4S. The first-order valence-electron chi connectivity index (χ1n) is 6.88.